The maximum absolute atomic E-state index is 8.93. The molecule has 0 unspecified atom stereocenters. The number of nitriles is 2. The second-order valence-electron chi connectivity index (χ2n) is 3.94. The molecule has 0 saturated heterocycles. The Morgan fingerprint density at radius 2 is 1.78 bits per heavy atom. The standard InChI is InChI=1S/C14H18N4/c1-3-18(4-2)8-7-17-14-6-5-12(10-15)13(9-14)11-16/h5-6,9,17H,3-4,7-8H2,1-2H3. The molecule has 0 aliphatic heterocycles. The first kappa shape index (κ1) is 14.0. The predicted molar refractivity (Wildman–Crippen MR) is 72.1 cm³/mol. The van der Waals surface area contributed by atoms with Gasteiger partial charge in [0, 0.05) is 18.8 Å². The lowest BCUT2D eigenvalue weighted by atomic mass is 10.1. The summed E-state index contributed by atoms with van der Waals surface area (Å²) < 4.78 is 0. The Bertz CT molecular complexity index is 464. The number of likely N-dealkylation sites (N-methyl/N-ethyl adjacent to an activating group) is 1. The smallest absolute Gasteiger partial charge is 0.101 e. The van der Waals surface area contributed by atoms with Crippen LogP contribution in [0.1, 0.15) is 25.0 Å². The number of anilines is 1. The minimum absolute atomic E-state index is 0.422. The number of nitrogens with one attached hydrogen (secondary N) is 1. The van der Waals surface area contributed by atoms with Gasteiger partial charge in [-0.15, -0.1) is 0 Å². The van der Waals surface area contributed by atoms with E-state index in [0.29, 0.717) is 11.1 Å². The molecule has 18 heavy (non-hydrogen) atoms. The molecule has 94 valence electrons. The first-order valence-electron chi connectivity index (χ1n) is 6.15. The van der Waals surface area contributed by atoms with E-state index in [9.17, 15) is 0 Å². The molecule has 0 bridgehead atoms. The van der Waals surface area contributed by atoms with Gasteiger partial charge in [0.15, 0.2) is 0 Å². The van der Waals surface area contributed by atoms with Crippen molar-refractivity contribution in [3.63, 3.8) is 0 Å². The van der Waals surface area contributed by atoms with Gasteiger partial charge in [0.25, 0.3) is 0 Å². The van der Waals surface area contributed by atoms with Crippen LogP contribution in [0.5, 0.6) is 0 Å². The lowest BCUT2D eigenvalue weighted by molar-refractivity contribution is 0.316. The molecule has 4 heteroatoms. The summed E-state index contributed by atoms with van der Waals surface area (Å²) in [6.07, 6.45) is 0. The summed E-state index contributed by atoms with van der Waals surface area (Å²) in [4.78, 5) is 2.32. The minimum atomic E-state index is 0.422. The van der Waals surface area contributed by atoms with Gasteiger partial charge in [0.05, 0.1) is 11.1 Å². The van der Waals surface area contributed by atoms with Crippen LogP contribution in [0.15, 0.2) is 18.2 Å². The molecule has 1 aromatic rings. The third kappa shape index (κ3) is 3.76. The van der Waals surface area contributed by atoms with E-state index >= 15 is 0 Å². The maximum Gasteiger partial charge on any atom is 0.101 e. The van der Waals surface area contributed by atoms with Gasteiger partial charge in [0.1, 0.15) is 12.1 Å². The van der Waals surface area contributed by atoms with E-state index < -0.39 is 0 Å². The van der Waals surface area contributed by atoms with Gasteiger partial charge in [-0.3, -0.25) is 0 Å². The second-order valence-corrected chi connectivity index (χ2v) is 3.94. The number of hydrogen-bond acceptors (Lipinski definition) is 4. The van der Waals surface area contributed by atoms with Gasteiger partial charge >= 0.3 is 0 Å². The topological polar surface area (TPSA) is 62.9 Å². The lowest BCUT2D eigenvalue weighted by Crippen LogP contribution is -2.28. The Kier molecular flexibility index (Phi) is 5.70. The van der Waals surface area contributed by atoms with Gasteiger partial charge in [-0.2, -0.15) is 10.5 Å². The van der Waals surface area contributed by atoms with Gasteiger partial charge < -0.3 is 10.2 Å². The van der Waals surface area contributed by atoms with Crippen molar-refractivity contribution in [3.05, 3.63) is 29.3 Å². The van der Waals surface area contributed by atoms with Crippen molar-refractivity contribution >= 4 is 5.69 Å². The molecule has 4 nitrogen and oxygen atoms in total. The Hall–Kier alpha value is -2.04. The fraction of sp³-hybridized carbons (Fsp3) is 0.429. The molecule has 0 saturated carbocycles. The monoisotopic (exact) mass is 242 g/mol. The zero-order valence-corrected chi connectivity index (χ0v) is 10.9. The normalized spacial score (nSPS) is 9.83. The van der Waals surface area contributed by atoms with Gasteiger partial charge in [-0.05, 0) is 31.3 Å². The highest BCUT2D eigenvalue weighted by molar-refractivity contribution is 5.56. The molecule has 0 heterocycles. The van der Waals surface area contributed by atoms with Gasteiger partial charge in [-0.1, -0.05) is 13.8 Å². The van der Waals surface area contributed by atoms with E-state index in [1.165, 1.54) is 0 Å². The van der Waals surface area contributed by atoms with E-state index in [2.05, 4.69) is 24.1 Å². The molecular weight excluding hydrogens is 224 g/mol. The van der Waals surface area contributed by atoms with Crippen molar-refractivity contribution in [1.82, 2.24) is 4.90 Å². The third-order valence-corrected chi connectivity index (χ3v) is 2.91. The SMILES string of the molecule is CCN(CC)CCNc1ccc(C#N)c(C#N)c1. The van der Waals surface area contributed by atoms with E-state index in [-0.39, 0.29) is 0 Å². The Morgan fingerprint density at radius 3 is 2.33 bits per heavy atom. The van der Waals surface area contributed by atoms with E-state index in [1.54, 1.807) is 12.1 Å². The average Bonchev–Trinajstić information content (AvgIpc) is 2.43. The van der Waals surface area contributed by atoms with Crippen LogP contribution < -0.4 is 5.32 Å². The van der Waals surface area contributed by atoms with E-state index in [4.69, 9.17) is 10.5 Å². The molecule has 0 fully saturated rings. The van der Waals surface area contributed by atoms with Crippen LogP contribution in [0.2, 0.25) is 0 Å². The van der Waals surface area contributed by atoms with Gasteiger partial charge in [-0.25, -0.2) is 0 Å². The summed E-state index contributed by atoms with van der Waals surface area (Å²) in [6, 6.07) is 9.28. The van der Waals surface area contributed by atoms with E-state index in [0.717, 1.165) is 31.9 Å². The molecule has 0 atom stereocenters. The molecule has 1 N–H and O–H groups in total. The quantitative estimate of drug-likeness (QED) is 0.830. The van der Waals surface area contributed by atoms with Crippen LogP contribution >= 0.6 is 0 Å². The molecule has 1 aromatic carbocycles. The number of nitrogens with zero attached hydrogens (tertiary/aromatic N) is 3. The van der Waals surface area contributed by atoms with Gasteiger partial charge in [0.2, 0.25) is 0 Å². The molecular formula is C14H18N4. The Labute approximate surface area is 108 Å². The Morgan fingerprint density at radius 1 is 1.11 bits per heavy atom. The highest BCUT2D eigenvalue weighted by Crippen LogP contribution is 2.14. The summed E-state index contributed by atoms with van der Waals surface area (Å²) in [5.41, 5.74) is 1.73. The van der Waals surface area contributed by atoms with Crippen LogP contribution in [-0.4, -0.2) is 31.1 Å². The van der Waals surface area contributed by atoms with Crippen molar-refractivity contribution in [1.29, 1.82) is 10.5 Å². The largest absolute Gasteiger partial charge is 0.384 e. The molecule has 0 aliphatic rings. The molecule has 0 radical (unpaired) electrons. The Balaban J connectivity index is 2.59. The fourth-order valence-electron chi connectivity index (χ4n) is 1.74. The second kappa shape index (κ2) is 7.32. The van der Waals surface area contributed by atoms with Crippen LogP contribution in [0, 0.1) is 22.7 Å². The number of hydrogen-bond donors (Lipinski definition) is 1. The summed E-state index contributed by atoms with van der Waals surface area (Å²) in [6.45, 7) is 8.15. The van der Waals surface area contributed by atoms with Crippen molar-refractivity contribution in [3.8, 4) is 12.1 Å². The zero-order valence-electron chi connectivity index (χ0n) is 10.9. The van der Waals surface area contributed by atoms with Crippen LogP contribution in [0.25, 0.3) is 0 Å². The van der Waals surface area contributed by atoms with E-state index in [1.807, 2.05) is 18.2 Å². The molecule has 0 aromatic heterocycles. The van der Waals surface area contributed by atoms with Crippen LogP contribution in [0.4, 0.5) is 5.69 Å². The van der Waals surface area contributed by atoms with Crippen molar-refractivity contribution in [2.24, 2.45) is 0 Å². The first-order valence-corrected chi connectivity index (χ1v) is 6.15. The summed E-state index contributed by atoms with van der Waals surface area (Å²) in [5, 5.41) is 21.0. The van der Waals surface area contributed by atoms with Crippen LogP contribution in [-0.2, 0) is 0 Å². The molecule has 0 amide bonds. The summed E-state index contributed by atoms with van der Waals surface area (Å²) >= 11 is 0. The van der Waals surface area contributed by atoms with Crippen molar-refractivity contribution < 1.29 is 0 Å². The lowest BCUT2D eigenvalue weighted by Gasteiger charge is -2.18. The first-order chi connectivity index (χ1) is 8.74. The molecule has 0 spiro atoms. The number of rotatable bonds is 6. The zero-order chi connectivity index (χ0) is 13.4. The highest BCUT2D eigenvalue weighted by atomic mass is 15.1. The van der Waals surface area contributed by atoms with Crippen molar-refractivity contribution in [2.75, 3.05) is 31.5 Å². The molecule has 1 rings (SSSR count). The summed E-state index contributed by atoms with van der Waals surface area (Å²) in [5.74, 6) is 0. The van der Waals surface area contributed by atoms with Crippen molar-refractivity contribution in [2.45, 2.75) is 13.8 Å². The minimum Gasteiger partial charge on any atom is -0.384 e. The fourth-order valence-corrected chi connectivity index (χ4v) is 1.74. The predicted octanol–water partition coefficient (Wildman–Crippen LogP) is 2.18. The average molecular weight is 242 g/mol. The molecule has 0 aliphatic carbocycles. The van der Waals surface area contributed by atoms with Crippen LogP contribution in [0.3, 0.4) is 0 Å². The number of benzene rings is 1. The summed E-state index contributed by atoms with van der Waals surface area (Å²) in [7, 11) is 0. The third-order valence-electron chi connectivity index (χ3n) is 2.91. The maximum atomic E-state index is 8.93. The highest BCUT2D eigenvalue weighted by Gasteiger charge is 2.03.